The molecule has 0 rings (SSSR count). The third-order valence-corrected chi connectivity index (χ3v) is 0.702. The Kier molecular flexibility index (Phi) is 19.8. The summed E-state index contributed by atoms with van der Waals surface area (Å²) in [5.74, 6) is -0.993. The van der Waals surface area contributed by atoms with E-state index in [-0.39, 0.29) is 39.4 Å². The van der Waals surface area contributed by atoms with Gasteiger partial charge in [-0.05, 0) is 0 Å². The summed E-state index contributed by atoms with van der Waals surface area (Å²) in [5.41, 5.74) is 12.6. The van der Waals surface area contributed by atoms with Gasteiger partial charge in [0.2, 0.25) is 0 Å². The Morgan fingerprint density at radius 3 is 1.77 bits per heavy atom. The molecule has 0 heterocycles. The largest absolute Gasteiger partial charge is 0.673 e. The van der Waals surface area contributed by atoms with Gasteiger partial charge in [-0.1, -0.05) is 0 Å². The summed E-state index contributed by atoms with van der Waals surface area (Å²) < 4.78 is 0. The van der Waals surface area contributed by atoms with Gasteiger partial charge >= 0.3 is 0 Å². The number of rotatable bonds is 3. The minimum Gasteiger partial charge on any atom is -0.673 e. The van der Waals surface area contributed by atoms with Gasteiger partial charge in [-0.25, -0.2) is 0 Å². The zero-order valence-corrected chi connectivity index (χ0v) is 9.00. The van der Waals surface area contributed by atoms with Crippen molar-refractivity contribution in [3.05, 3.63) is 22.1 Å². The number of nitrogens with zero attached hydrogens (tertiary/aromatic N) is 2. The molecule has 82 valence electrons. The molecule has 0 saturated heterocycles. The summed E-state index contributed by atoms with van der Waals surface area (Å²) in [6, 6.07) is 0. The topological polar surface area (TPSA) is 110 Å². The Balaban J connectivity index is -0.000000143. The van der Waals surface area contributed by atoms with Crippen LogP contribution in [0.3, 0.4) is 0 Å². The maximum absolute atomic E-state index is 9.83. The summed E-state index contributed by atoms with van der Waals surface area (Å²) in [5, 5.41) is 6.58. The van der Waals surface area contributed by atoms with E-state index in [0.717, 1.165) is 0 Å². The monoisotopic (exact) mass is 278 g/mol. The summed E-state index contributed by atoms with van der Waals surface area (Å²) in [6.07, 6.45) is 0. The number of hydrogen-bond acceptors (Lipinski definition) is 2. The van der Waals surface area contributed by atoms with Gasteiger partial charge in [-0.15, -0.1) is 20.1 Å². The van der Waals surface area contributed by atoms with Crippen LogP contribution in [0.25, 0.3) is 22.1 Å². The Bertz CT molecular complexity index is 137. The average Bonchev–Trinajstić information content (AvgIpc) is 2.04. The van der Waals surface area contributed by atoms with Crippen molar-refractivity contribution in [3.63, 3.8) is 0 Å². The molecule has 0 atom stereocenters. The average molecular weight is 279 g/mol. The molecule has 2 amide bonds. The smallest absolute Gasteiger partial charge is 0.0299 e. The van der Waals surface area contributed by atoms with Gasteiger partial charge in [0.15, 0.2) is 0 Å². The molecule has 0 aliphatic heterocycles. The van der Waals surface area contributed by atoms with Crippen LogP contribution >= 0.6 is 0 Å². The van der Waals surface area contributed by atoms with Crippen LogP contribution in [-0.2, 0) is 30.0 Å². The first kappa shape index (κ1) is 18.3. The van der Waals surface area contributed by atoms with E-state index in [2.05, 4.69) is 10.6 Å². The number of carbonyl (C=O) groups excluding carboxylic acids is 2. The Hall–Kier alpha value is -0.478. The summed E-state index contributed by atoms with van der Waals surface area (Å²) in [4.78, 5) is 19.4. The van der Waals surface area contributed by atoms with E-state index < -0.39 is 5.91 Å². The number of likely N-dealkylation sites (N-methyl/N-ethyl adjacent to an activating group) is 2. The Labute approximate surface area is 91.5 Å². The second kappa shape index (κ2) is 14.1. The number of hydrogen-bond donors (Lipinski definition) is 0. The van der Waals surface area contributed by atoms with E-state index in [1.165, 1.54) is 14.1 Å². The zero-order chi connectivity index (χ0) is 9.98. The van der Waals surface area contributed by atoms with Crippen LogP contribution < -0.4 is 0 Å². The maximum Gasteiger partial charge on any atom is 0.0299 e. The van der Waals surface area contributed by atoms with Gasteiger partial charge in [0, 0.05) is 32.2 Å². The fourth-order valence-corrected chi connectivity index (χ4v) is 0.223. The first-order valence-electron chi connectivity index (χ1n) is 3.15. The molecule has 0 radical (unpaired) electrons. The molecule has 2 N–H and O–H groups in total. The van der Waals surface area contributed by atoms with Gasteiger partial charge in [0.05, 0.1) is 0 Å². The molecule has 0 spiro atoms. The minimum absolute atomic E-state index is 0. The predicted octanol–water partition coefficient (Wildman–Crippen LogP) is 1.13. The van der Waals surface area contributed by atoms with Crippen LogP contribution in [0, 0.1) is 0 Å². The van der Waals surface area contributed by atoms with Crippen molar-refractivity contribution in [2.45, 2.75) is 0 Å². The summed E-state index contributed by atoms with van der Waals surface area (Å²) >= 11 is 0. The molecular weight excluding hydrogens is 267 g/mol. The fraction of sp³-hybridized carbons (Fsp3) is 0.667. The van der Waals surface area contributed by atoms with Crippen molar-refractivity contribution < 1.29 is 30.0 Å². The summed E-state index contributed by atoms with van der Waals surface area (Å²) in [6.45, 7) is -0.198. The van der Waals surface area contributed by atoms with Gasteiger partial charge in [-0.2, -0.15) is 7.05 Å². The van der Waals surface area contributed by atoms with E-state index in [9.17, 15) is 9.59 Å². The molecule has 0 fully saturated rings. The van der Waals surface area contributed by atoms with Crippen molar-refractivity contribution in [2.24, 2.45) is 0 Å². The number of carbonyl (C=O) groups is 2. The Morgan fingerprint density at radius 1 is 1.31 bits per heavy atom. The third-order valence-electron chi connectivity index (χ3n) is 0.702. The molecule has 0 aromatic heterocycles. The molecule has 0 aromatic rings. The molecule has 0 aromatic carbocycles. The second-order valence-corrected chi connectivity index (χ2v) is 1.69. The first-order valence-corrected chi connectivity index (χ1v) is 3.15. The van der Waals surface area contributed by atoms with E-state index in [4.69, 9.17) is 11.5 Å². The second-order valence-electron chi connectivity index (χ2n) is 1.69. The molecular formula is C6H12N4O2Pd-4. The first-order chi connectivity index (χ1) is 5.58. The number of amides is 2. The van der Waals surface area contributed by atoms with E-state index >= 15 is 0 Å². The van der Waals surface area contributed by atoms with E-state index in [1.54, 1.807) is 0 Å². The number of nitrogens with one attached hydrogen (secondary N) is 2. The van der Waals surface area contributed by atoms with Crippen LogP contribution in [0.5, 0.6) is 0 Å². The minimum atomic E-state index is -0.627. The van der Waals surface area contributed by atoms with Gasteiger partial charge in [-0.3, -0.25) is 0 Å². The SMILES string of the molecule is C[N-]C(=O)C[NH-].C[N-]CC([NH-])=O.[Pd]. The molecule has 6 nitrogen and oxygen atoms in total. The molecule has 0 aliphatic carbocycles. The normalized spacial score (nSPS) is 7.31. The van der Waals surface area contributed by atoms with Crippen molar-refractivity contribution in [1.82, 2.24) is 0 Å². The van der Waals surface area contributed by atoms with Crippen LogP contribution in [0.15, 0.2) is 0 Å². The molecule has 0 aliphatic rings. The maximum atomic E-state index is 9.83. The van der Waals surface area contributed by atoms with E-state index in [0.29, 0.717) is 0 Å². The van der Waals surface area contributed by atoms with Crippen molar-refractivity contribution in [3.8, 4) is 0 Å². The van der Waals surface area contributed by atoms with Crippen molar-refractivity contribution in [1.29, 1.82) is 0 Å². The zero-order valence-electron chi connectivity index (χ0n) is 7.44. The van der Waals surface area contributed by atoms with Gasteiger partial charge < -0.3 is 31.7 Å². The molecule has 0 bridgehead atoms. The standard InChI is InChI=1S/2C3H7N2O.Pd/c1-5-2-3(4)6;1-5-3(6)2-4;/h2H2,1H3,(H2,4,6);4H,2H2,1H3,(H,5,6);/q2*-1;/p-2. The van der Waals surface area contributed by atoms with Crippen LogP contribution in [-0.4, -0.2) is 39.0 Å². The summed E-state index contributed by atoms with van der Waals surface area (Å²) in [7, 11) is 2.89. The third kappa shape index (κ3) is 24.6. The predicted molar refractivity (Wildman–Crippen MR) is 47.0 cm³/mol. The molecule has 0 saturated carbocycles. The van der Waals surface area contributed by atoms with Crippen molar-refractivity contribution in [2.75, 3.05) is 27.2 Å². The van der Waals surface area contributed by atoms with E-state index in [1.807, 2.05) is 0 Å². The van der Waals surface area contributed by atoms with Crippen LogP contribution in [0.2, 0.25) is 0 Å². The Morgan fingerprint density at radius 2 is 1.77 bits per heavy atom. The van der Waals surface area contributed by atoms with Crippen LogP contribution in [0.4, 0.5) is 0 Å². The fourth-order valence-electron chi connectivity index (χ4n) is 0.223. The molecule has 13 heavy (non-hydrogen) atoms. The van der Waals surface area contributed by atoms with Gasteiger partial charge in [0.25, 0.3) is 0 Å². The molecule has 7 heteroatoms. The van der Waals surface area contributed by atoms with Crippen LogP contribution in [0.1, 0.15) is 0 Å². The van der Waals surface area contributed by atoms with Crippen molar-refractivity contribution >= 4 is 11.8 Å². The molecule has 0 unspecified atom stereocenters. The quantitative estimate of drug-likeness (QED) is 0.721. The van der Waals surface area contributed by atoms with Gasteiger partial charge in [0.1, 0.15) is 0 Å².